The summed E-state index contributed by atoms with van der Waals surface area (Å²) in [5, 5.41) is 3.01. The lowest BCUT2D eigenvalue weighted by Crippen LogP contribution is -2.33. The molecule has 1 aliphatic heterocycles. The normalized spacial score (nSPS) is 19.6. The van der Waals surface area contributed by atoms with E-state index >= 15 is 0 Å². The Morgan fingerprint density at radius 2 is 1.85 bits per heavy atom. The average molecular weight is 352 g/mol. The van der Waals surface area contributed by atoms with Crippen molar-refractivity contribution < 1.29 is 14.3 Å². The molecule has 1 aliphatic rings. The van der Waals surface area contributed by atoms with E-state index in [-0.39, 0.29) is 23.8 Å². The van der Waals surface area contributed by atoms with Crippen molar-refractivity contribution in [3.63, 3.8) is 0 Å². The summed E-state index contributed by atoms with van der Waals surface area (Å²) < 4.78 is 5.17. The van der Waals surface area contributed by atoms with E-state index in [0.717, 1.165) is 11.1 Å². The largest absolute Gasteiger partial charge is 0.380 e. The van der Waals surface area contributed by atoms with E-state index in [2.05, 4.69) is 5.32 Å². The number of nitrogens with zero attached hydrogens (tertiary/aromatic N) is 1. The monoisotopic (exact) mass is 352 g/mol. The Kier molecular flexibility index (Phi) is 5.68. The fraction of sp³-hybridized carbons (Fsp3) is 0.333. The van der Waals surface area contributed by atoms with Gasteiger partial charge in [0, 0.05) is 38.6 Å². The molecule has 1 N–H and O–H groups in total. The van der Waals surface area contributed by atoms with Crippen LogP contribution >= 0.6 is 0 Å². The minimum atomic E-state index is -0.133. The van der Waals surface area contributed by atoms with Crippen LogP contribution in [0.25, 0.3) is 0 Å². The molecule has 0 spiro atoms. The van der Waals surface area contributed by atoms with Gasteiger partial charge in [-0.2, -0.15) is 0 Å². The Labute approximate surface area is 154 Å². The molecule has 2 atom stereocenters. The maximum absolute atomic E-state index is 12.6. The van der Waals surface area contributed by atoms with Crippen molar-refractivity contribution in [2.24, 2.45) is 5.92 Å². The lowest BCUT2D eigenvalue weighted by molar-refractivity contribution is -0.127. The second kappa shape index (κ2) is 8.15. The number of ether oxygens (including phenoxy) is 1. The zero-order valence-corrected chi connectivity index (χ0v) is 15.1. The highest BCUT2D eigenvalue weighted by Gasteiger charge is 2.38. The molecule has 26 heavy (non-hydrogen) atoms. The van der Waals surface area contributed by atoms with Crippen LogP contribution < -0.4 is 5.32 Å². The van der Waals surface area contributed by atoms with Gasteiger partial charge in [0.2, 0.25) is 5.91 Å². The Hall–Kier alpha value is -2.66. The van der Waals surface area contributed by atoms with Crippen molar-refractivity contribution in [1.29, 1.82) is 0 Å². The first-order chi connectivity index (χ1) is 12.6. The van der Waals surface area contributed by atoms with Crippen molar-refractivity contribution in [3.8, 4) is 0 Å². The fourth-order valence-corrected chi connectivity index (χ4v) is 3.62. The van der Waals surface area contributed by atoms with Crippen LogP contribution in [0.3, 0.4) is 0 Å². The zero-order valence-electron chi connectivity index (χ0n) is 15.1. The number of rotatable bonds is 6. The zero-order chi connectivity index (χ0) is 18.5. The molecule has 0 aliphatic carbocycles. The molecule has 3 rings (SSSR count). The molecule has 5 heteroatoms. The highest BCUT2D eigenvalue weighted by atomic mass is 16.5. The number of amides is 2. The van der Waals surface area contributed by atoms with Crippen molar-refractivity contribution in [2.75, 3.05) is 20.7 Å². The molecule has 5 nitrogen and oxygen atoms in total. The lowest BCUT2D eigenvalue weighted by atomic mass is 9.93. The molecule has 0 saturated carbocycles. The van der Waals surface area contributed by atoms with E-state index in [0.29, 0.717) is 25.1 Å². The van der Waals surface area contributed by atoms with Gasteiger partial charge in [-0.1, -0.05) is 48.5 Å². The Morgan fingerprint density at radius 1 is 1.15 bits per heavy atom. The molecule has 0 bridgehead atoms. The Bertz CT molecular complexity index is 776. The number of carbonyl (C=O) groups excluding carboxylic acids is 2. The van der Waals surface area contributed by atoms with Crippen molar-refractivity contribution in [1.82, 2.24) is 10.2 Å². The third-order valence-electron chi connectivity index (χ3n) is 4.92. The molecule has 1 fully saturated rings. The van der Waals surface area contributed by atoms with Gasteiger partial charge in [0.25, 0.3) is 5.91 Å². The van der Waals surface area contributed by atoms with E-state index in [1.807, 2.05) is 55.6 Å². The van der Waals surface area contributed by atoms with Gasteiger partial charge in [-0.15, -0.1) is 0 Å². The summed E-state index contributed by atoms with van der Waals surface area (Å²) in [6.45, 7) is 0.844. The molecular formula is C21H24N2O3. The standard InChI is InChI=1S/C21H24N2O3/c1-23-19(24)12-17(20(23)15-8-4-3-5-9-15)13-22-21(25)18-11-7-6-10-16(18)14-26-2/h3-11,17,20H,12-14H2,1-2H3,(H,22,25)/t17-,20-/m0/s1. The van der Waals surface area contributed by atoms with Crippen molar-refractivity contribution >= 4 is 11.8 Å². The summed E-state index contributed by atoms with van der Waals surface area (Å²) in [6, 6.07) is 17.4. The van der Waals surface area contributed by atoms with E-state index in [4.69, 9.17) is 4.74 Å². The second-order valence-corrected chi connectivity index (χ2v) is 6.62. The number of hydrogen-bond donors (Lipinski definition) is 1. The van der Waals surface area contributed by atoms with Crippen LogP contribution in [0.15, 0.2) is 54.6 Å². The maximum atomic E-state index is 12.6. The Balaban J connectivity index is 1.72. The highest BCUT2D eigenvalue weighted by Crippen LogP contribution is 2.36. The number of likely N-dealkylation sites (tertiary alicyclic amines) is 1. The fourth-order valence-electron chi connectivity index (χ4n) is 3.62. The lowest BCUT2D eigenvalue weighted by Gasteiger charge is -2.25. The molecule has 0 radical (unpaired) electrons. The first kappa shape index (κ1) is 18.1. The molecular weight excluding hydrogens is 328 g/mol. The minimum absolute atomic E-state index is 0.0155. The highest BCUT2D eigenvalue weighted by molar-refractivity contribution is 5.95. The van der Waals surface area contributed by atoms with Gasteiger partial charge in [-0.25, -0.2) is 0 Å². The topological polar surface area (TPSA) is 58.6 Å². The smallest absolute Gasteiger partial charge is 0.251 e. The van der Waals surface area contributed by atoms with E-state index in [1.165, 1.54) is 0 Å². The maximum Gasteiger partial charge on any atom is 0.251 e. The number of nitrogens with one attached hydrogen (secondary N) is 1. The molecule has 136 valence electrons. The SMILES string of the molecule is COCc1ccccc1C(=O)NC[C@@H]1CC(=O)N(C)[C@H]1c1ccccc1. The number of hydrogen-bond acceptors (Lipinski definition) is 3. The molecule has 0 aromatic heterocycles. The minimum Gasteiger partial charge on any atom is -0.380 e. The average Bonchev–Trinajstić information content (AvgIpc) is 2.95. The summed E-state index contributed by atoms with van der Waals surface area (Å²) in [5.74, 6) is 0.0257. The first-order valence-corrected chi connectivity index (χ1v) is 8.77. The van der Waals surface area contributed by atoms with E-state index in [9.17, 15) is 9.59 Å². The summed E-state index contributed by atoms with van der Waals surface area (Å²) in [6.07, 6.45) is 0.441. The molecule has 2 aromatic rings. The molecule has 1 heterocycles. The van der Waals surface area contributed by atoms with Gasteiger partial charge in [-0.3, -0.25) is 9.59 Å². The van der Waals surface area contributed by atoms with Gasteiger partial charge in [0.05, 0.1) is 12.6 Å². The van der Waals surface area contributed by atoms with Gasteiger partial charge < -0.3 is 15.0 Å². The molecule has 2 amide bonds. The van der Waals surface area contributed by atoms with Crippen molar-refractivity contribution in [2.45, 2.75) is 19.1 Å². The third-order valence-corrected chi connectivity index (χ3v) is 4.92. The summed E-state index contributed by atoms with van der Waals surface area (Å²) in [7, 11) is 3.44. The number of carbonyl (C=O) groups is 2. The van der Waals surface area contributed by atoms with Crippen molar-refractivity contribution in [3.05, 3.63) is 71.3 Å². The van der Waals surface area contributed by atoms with Gasteiger partial charge in [0.1, 0.15) is 0 Å². The third kappa shape index (κ3) is 3.78. The van der Waals surface area contributed by atoms with E-state index in [1.54, 1.807) is 18.1 Å². The summed E-state index contributed by atoms with van der Waals surface area (Å²) in [5.41, 5.74) is 2.56. The van der Waals surface area contributed by atoms with Crippen LogP contribution in [0, 0.1) is 5.92 Å². The van der Waals surface area contributed by atoms with Gasteiger partial charge in [-0.05, 0) is 17.2 Å². The molecule has 2 aromatic carbocycles. The Morgan fingerprint density at radius 3 is 2.58 bits per heavy atom. The first-order valence-electron chi connectivity index (χ1n) is 8.77. The van der Waals surface area contributed by atoms with Crippen LogP contribution in [0.5, 0.6) is 0 Å². The predicted octanol–water partition coefficient (Wildman–Crippen LogP) is 2.78. The van der Waals surface area contributed by atoms with Gasteiger partial charge >= 0.3 is 0 Å². The van der Waals surface area contributed by atoms with Gasteiger partial charge in [0.15, 0.2) is 0 Å². The van der Waals surface area contributed by atoms with Crippen LogP contribution in [0.1, 0.15) is 33.9 Å². The van der Waals surface area contributed by atoms with Crippen LogP contribution in [0.2, 0.25) is 0 Å². The van der Waals surface area contributed by atoms with Crippen LogP contribution in [-0.4, -0.2) is 37.4 Å². The van der Waals surface area contributed by atoms with Crippen LogP contribution in [0.4, 0.5) is 0 Å². The van der Waals surface area contributed by atoms with E-state index < -0.39 is 0 Å². The molecule has 1 saturated heterocycles. The molecule has 0 unspecified atom stereocenters. The van der Waals surface area contributed by atoms with Crippen LogP contribution in [-0.2, 0) is 16.1 Å². The quantitative estimate of drug-likeness (QED) is 0.870. The predicted molar refractivity (Wildman–Crippen MR) is 99.5 cm³/mol. The summed E-state index contributed by atoms with van der Waals surface area (Å²) in [4.78, 5) is 26.6. The summed E-state index contributed by atoms with van der Waals surface area (Å²) >= 11 is 0. The number of methoxy groups -OCH3 is 1. The second-order valence-electron chi connectivity index (χ2n) is 6.62. The number of benzene rings is 2.